The molecule has 0 aromatic carbocycles. The van der Waals surface area contributed by atoms with Crippen molar-refractivity contribution in [3.8, 4) is 0 Å². The zero-order valence-electron chi connectivity index (χ0n) is 15.8. The summed E-state index contributed by atoms with van der Waals surface area (Å²) in [5.41, 5.74) is 3.92. The quantitative estimate of drug-likeness (QED) is 0.451. The molecule has 0 aromatic rings. The number of hydrogen-bond donors (Lipinski definition) is 2. The van der Waals surface area contributed by atoms with Gasteiger partial charge in [0.25, 0.3) is 0 Å². The number of aliphatic hydroxyl groups excluding tert-OH is 1. The lowest BCUT2D eigenvalue weighted by atomic mass is 9.79. The van der Waals surface area contributed by atoms with Gasteiger partial charge in [-0.1, -0.05) is 43.1 Å². The third-order valence-corrected chi connectivity index (χ3v) is 6.03. The number of aliphatic hydroxyl groups is 1. The van der Waals surface area contributed by atoms with Crippen LogP contribution in [0.1, 0.15) is 58.8 Å². The minimum atomic E-state index is -0.326. The largest absolute Gasteiger partial charge is 0.389 e. The van der Waals surface area contributed by atoms with E-state index in [0.29, 0.717) is 18.0 Å². The van der Waals surface area contributed by atoms with E-state index < -0.39 is 0 Å². The highest BCUT2D eigenvalue weighted by atomic mass is 17.2. The van der Waals surface area contributed by atoms with E-state index in [1.807, 2.05) is 6.08 Å². The molecule has 1 heterocycles. The van der Waals surface area contributed by atoms with Crippen LogP contribution in [0.3, 0.4) is 0 Å². The lowest BCUT2D eigenvalue weighted by Gasteiger charge is -2.39. The molecule has 4 unspecified atom stereocenters. The van der Waals surface area contributed by atoms with Crippen molar-refractivity contribution in [1.29, 1.82) is 0 Å². The molecule has 3 rings (SSSR count). The van der Waals surface area contributed by atoms with E-state index in [-0.39, 0.29) is 12.2 Å². The minimum Gasteiger partial charge on any atom is -0.389 e. The third kappa shape index (κ3) is 4.62. The Hall–Kier alpha value is -0.940. The van der Waals surface area contributed by atoms with E-state index in [4.69, 9.17) is 9.78 Å². The van der Waals surface area contributed by atoms with Crippen LogP contribution in [0.2, 0.25) is 0 Å². The second-order valence-electron chi connectivity index (χ2n) is 7.89. The van der Waals surface area contributed by atoms with Gasteiger partial charge >= 0.3 is 0 Å². The molecule has 4 atom stereocenters. The standard InChI is InChI=1S/C21H33NO3/c1-14-11-18(23)12-15(2)19(14)13-17-9-10-20(25-24-3)21(22-17)16-7-5-4-6-8-16/h9-11,16-18,20-23H,4-8,12-13H2,1-3H3. The maximum atomic E-state index is 9.91. The van der Waals surface area contributed by atoms with Crippen LogP contribution in [0.4, 0.5) is 0 Å². The van der Waals surface area contributed by atoms with Crippen LogP contribution in [0.25, 0.3) is 0 Å². The summed E-state index contributed by atoms with van der Waals surface area (Å²) in [7, 11) is 1.59. The highest BCUT2D eigenvalue weighted by Crippen LogP contribution is 2.33. The summed E-state index contributed by atoms with van der Waals surface area (Å²) in [5, 5.41) is 13.8. The molecular weight excluding hydrogens is 314 g/mol. The van der Waals surface area contributed by atoms with Gasteiger partial charge in [0.2, 0.25) is 0 Å². The summed E-state index contributed by atoms with van der Waals surface area (Å²) in [6.45, 7) is 4.26. The van der Waals surface area contributed by atoms with E-state index in [2.05, 4.69) is 31.3 Å². The molecule has 2 N–H and O–H groups in total. The molecule has 0 saturated heterocycles. The summed E-state index contributed by atoms with van der Waals surface area (Å²) < 4.78 is 0. The molecule has 0 aromatic heterocycles. The fourth-order valence-corrected chi connectivity index (χ4v) is 4.77. The second-order valence-corrected chi connectivity index (χ2v) is 7.89. The Morgan fingerprint density at radius 1 is 1.16 bits per heavy atom. The normalized spacial score (nSPS) is 34.3. The summed E-state index contributed by atoms with van der Waals surface area (Å²) >= 11 is 0. The van der Waals surface area contributed by atoms with Crippen LogP contribution in [0, 0.1) is 5.92 Å². The molecule has 1 saturated carbocycles. The molecule has 0 bridgehead atoms. The van der Waals surface area contributed by atoms with Crippen LogP contribution in [-0.2, 0) is 9.78 Å². The minimum absolute atomic E-state index is 0.00996. The smallest absolute Gasteiger partial charge is 0.127 e. The first-order valence-corrected chi connectivity index (χ1v) is 9.77. The van der Waals surface area contributed by atoms with Crippen LogP contribution in [-0.4, -0.2) is 36.5 Å². The highest BCUT2D eigenvalue weighted by Gasteiger charge is 2.34. The molecule has 25 heavy (non-hydrogen) atoms. The molecule has 0 amide bonds. The van der Waals surface area contributed by atoms with Gasteiger partial charge in [0.15, 0.2) is 0 Å². The van der Waals surface area contributed by atoms with Gasteiger partial charge in [-0.05, 0) is 56.6 Å². The van der Waals surface area contributed by atoms with E-state index >= 15 is 0 Å². The van der Waals surface area contributed by atoms with E-state index in [0.717, 1.165) is 12.8 Å². The lowest BCUT2D eigenvalue weighted by Crippen LogP contribution is -2.53. The van der Waals surface area contributed by atoms with Crippen molar-refractivity contribution in [2.24, 2.45) is 5.92 Å². The predicted molar refractivity (Wildman–Crippen MR) is 100 cm³/mol. The van der Waals surface area contributed by atoms with Crippen LogP contribution < -0.4 is 5.32 Å². The van der Waals surface area contributed by atoms with Crippen molar-refractivity contribution in [2.75, 3.05) is 7.11 Å². The maximum absolute atomic E-state index is 9.91. The first kappa shape index (κ1) is 18.8. The Bertz CT molecular complexity index is 545. The number of hydrogen-bond acceptors (Lipinski definition) is 4. The number of rotatable bonds is 5. The Balaban J connectivity index is 1.71. The van der Waals surface area contributed by atoms with Gasteiger partial charge in [0.05, 0.1) is 13.2 Å². The molecular formula is C21H33NO3. The van der Waals surface area contributed by atoms with Crippen molar-refractivity contribution in [3.05, 3.63) is 34.9 Å². The topological polar surface area (TPSA) is 50.7 Å². The summed E-state index contributed by atoms with van der Waals surface area (Å²) in [5.74, 6) is 0.654. The van der Waals surface area contributed by atoms with Gasteiger partial charge in [-0.3, -0.25) is 0 Å². The van der Waals surface area contributed by atoms with Crippen molar-refractivity contribution >= 4 is 0 Å². The molecule has 0 spiro atoms. The van der Waals surface area contributed by atoms with Gasteiger partial charge in [-0.15, -0.1) is 0 Å². The van der Waals surface area contributed by atoms with E-state index in [1.54, 1.807) is 7.11 Å². The average molecular weight is 347 g/mol. The molecule has 0 radical (unpaired) electrons. The van der Waals surface area contributed by atoms with Gasteiger partial charge in [0, 0.05) is 12.1 Å². The lowest BCUT2D eigenvalue weighted by molar-refractivity contribution is -0.302. The molecule has 3 aliphatic rings. The SMILES string of the molecule is COOC1C=CC(CC2=C(C)CC(O)C=C2C)NC1C1CCCCC1. The molecule has 1 fully saturated rings. The first-order chi connectivity index (χ1) is 12.1. The third-order valence-electron chi connectivity index (χ3n) is 6.03. The molecule has 4 heteroatoms. The van der Waals surface area contributed by atoms with Crippen molar-refractivity contribution < 1.29 is 14.9 Å². The summed E-state index contributed by atoms with van der Waals surface area (Å²) in [6, 6.07) is 0.627. The van der Waals surface area contributed by atoms with Crippen molar-refractivity contribution in [3.63, 3.8) is 0 Å². The monoisotopic (exact) mass is 347 g/mol. The average Bonchev–Trinajstić information content (AvgIpc) is 2.60. The number of allylic oxidation sites excluding steroid dienone is 1. The first-order valence-electron chi connectivity index (χ1n) is 9.77. The zero-order valence-corrected chi connectivity index (χ0v) is 15.8. The Labute approximate surface area is 151 Å². The second kappa shape index (κ2) is 8.63. The summed E-state index contributed by atoms with van der Waals surface area (Å²) in [6.07, 6.45) is 14.3. The molecule has 4 nitrogen and oxygen atoms in total. The Morgan fingerprint density at radius 3 is 2.60 bits per heavy atom. The van der Waals surface area contributed by atoms with Gasteiger partial charge in [-0.2, -0.15) is 0 Å². The Kier molecular flexibility index (Phi) is 6.50. The van der Waals surface area contributed by atoms with Gasteiger partial charge in [-0.25, -0.2) is 9.78 Å². The van der Waals surface area contributed by atoms with Crippen LogP contribution in [0.5, 0.6) is 0 Å². The molecule has 140 valence electrons. The van der Waals surface area contributed by atoms with Crippen molar-refractivity contribution in [2.45, 2.75) is 83.1 Å². The Morgan fingerprint density at radius 2 is 1.92 bits per heavy atom. The van der Waals surface area contributed by atoms with E-state index in [1.165, 1.54) is 48.8 Å². The number of nitrogens with one attached hydrogen (secondary N) is 1. The van der Waals surface area contributed by atoms with Crippen molar-refractivity contribution in [1.82, 2.24) is 5.32 Å². The maximum Gasteiger partial charge on any atom is 0.127 e. The fourth-order valence-electron chi connectivity index (χ4n) is 4.77. The summed E-state index contributed by atoms with van der Waals surface area (Å²) in [4.78, 5) is 10.5. The van der Waals surface area contributed by atoms with Gasteiger partial charge in [0.1, 0.15) is 6.10 Å². The van der Waals surface area contributed by atoms with Gasteiger partial charge < -0.3 is 10.4 Å². The van der Waals surface area contributed by atoms with Crippen LogP contribution in [0.15, 0.2) is 34.9 Å². The molecule has 1 aliphatic heterocycles. The predicted octanol–water partition coefficient (Wildman–Crippen LogP) is 3.83. The fraction of sp³-hybridized carbons (Fsp3) is 0.714. The zero-order chi connectivity index (χ0) is 17.8. The molecule has 2 aliphatic carbocycles. The van der Waals surface area contributed by atoms with E-state index in [9.17, 15) is 5.11 Å². The highest BCUT2D eigenvalue weighted by molar-refractivity contribution is 5.39. The van der Waals surface area contributed by atoms with Crippen LogP contribution >= 0.6 is 0 Å².